The summed E-state index contributed by atoms with van der Waals surface area (Å²) in [6.07, 6.45) is 0. The van der Waals surface area contributed by atoms with E-state index in [1.807, 2.05) is 6.07 Å². The van der Waals surface area contributed by atoms with E-state index in [2.05, 4.69) is 21.2 Å². The van der Waals surface area contributed by atoms with Gasteiger partial charge in [-0.15, -0.1) is 0 Å². The van der Waals surface area contributed by atoms with Crippen molar-refractivity contribution in [1.82, 2.24) is 0 Å². The molecule has 0 unspecified atom stereocenters. The number of nitrogens with zero attached hydrogens (tertiary/aromatic N) is 1. The van der Waals surface area contributed by atoms with Crippen LogP contribution in [0, 0.1) is 17.1 Å². The number of anilines is 1. The van der Waals surface area contributed by atoms with Gasteiger partial charge in [-0.1, -0.05) is 22.0 Å². The van der Waals surface area contributed by atoms with Crippen molar-refractivity contribution in [1.29, 1.82) is 5.26 Å². The van der Waals surface area contributed by atoms with Crippen LogP contribution in [0.5, 0.6) is 5.75 Å². The number of hydrogen-bond donors (Lipinski definition) is 1. The molecule has 0 aromatic heterocycles. The molecule has 0 spiro atoms. The van der Waals surface area contributed by atoms with E-state index in [9.17, 15) is 9.18 Å². The minimum Gasteiger partial charge on any atom is -0.495 e. The summed E-state index contributed by atoms with van der Waals surface area (Å²) in [5, 5.41) is 11.6. The predicted octanol–water partition coefficient (Wildman–Crippen LogP) is 3.72. The summed E-state index contributed by atoms with van der Waals surface area (Å²) in [5.74, 6) is -0.976. The quantitative estimate of drug-likeness (QED) is 0.919. The van der Waals surface area contributed by atoms with Crippen LogP contribution in [-0.4, -0.2) is 13.0 Å². The molecule has 2 aromatic rings. The number of nitrogens with one attached hydrogen (secondary N) is 1. The Morgan fingerprint density at radius 2 is 2.14 bits per heavy atom. The second kappa shape index (κ2) is 6.37. The number of amides is 1. The number of carbonyl (C=O) groups is 1. The molecule has 0 heterocycles. The van der Waals surface area contributed by atoms with Crippen LogP contribution in [0.1, 0.15) is 15.9 Å². The maximum absolute atomic E-state index is 13.8. The van der Waals surface area contributed by atoms with Crippen LogP contribution in [0.2, 0.25) is 0 Å². The summed E-state index contributed by atoms with van der Waals surface area (Å²) in [4.78, 5) is 12.2. The Morgan fingerprint density at radius 3 is 2.76 bits per heavy atom. The maximum Gasteiger partial charge on any atom is 0.258 e. The topological polar surface area (TPSA) is 62.1 Å². The molecule has 2 rings (SSSR count). The lowest BCUT2D eigenvalue weighted by Gasteiger charge is -2.12. The van der Waals surface area contributed by atoms with Gasteiger partial charge in [-0.05, 0) is 30.3 Å². The van der Waals surface area contributed by atoms with E-state index in [4.69, 9.17) is 10.00 Å². The second-order valence-electron chi connectivity index (χ2n) is 4.07. The first-order valence-electron chi connectivity index (χ1n) is 5.90. The fraction of sp³-hybridized carbons (Fsp3) is 0.0667. The van der Waals surface area contributed by atoms with Gasteiger partial charge in [0.25, 0.3) is 5.91 Å². The molecular weight excluding hydrogens is 339 g/mol. The van der Waals surface area contributed by atoms with Crippen molar-refractivity contribution in [2.24, 2.45) is 0 Å². The van der Waals surface area contributed by atoms with Crippen LogP contribution in [0.3, 0.4) is 0 Å². The molecule has 0 atom stereocenters. The summed E-state index contributed by atoms with van der Waals surface area (Å²) >= 11 is 3.12. The average molecular weight is 349 g/mol. The number of carbonyl (C=O) groups excluding carboxylic acids is 1. The first kappa shape index (κ1) is 15.0. The molecule has 0 radical (unpaired) electrons. The smallest absolute Gasteiger partial charge is 0.258 e. The van der Waals surface area contributed by atoms with E-state index in [1.54, 1.807) is 18.2 Å². The Kier molecular flexibility index (Phi) is 4.55. The molecule has 21 heavy (non-hydrogen) atoms. The number of benzene rings is 2. The van der Waals surface area contributed by atoms with E-state index in [0.29, 0.717) is 10.2 Å². The minimum absolute atomic E-state index is 0.118. The van der Waals surface area contributed by atoms with E-state index >= 15 is 0 Å². The molecule has 0 bridgehead atoms. The molecule has 0 saturated carbocycles. The summed E-state index contributed by atoms with van der Waals surface area (Å²) in [6, 6.07) is 10.8. The van der Waals surface area contributed by atoms with Crippen molar-refractivity contribution in [3.63, 3.8) is 0 Å². The summed E-state index contributed by atoms with van der Waals surface area (Å²) in [5.41, 5.74) is 0.336. The number of halogens is 2. The molecular formula is C15H10BrFN2O2. The van der Waals surface area contributed by atoms with Gasteiger partial charge in [0, 0.05) is 4.47 Å². The fourth-order valence-corrected chi connectivity index (χ4v) is 2.11. The van der Waals surface area contributed by atoms with Gasteiger partial charge in [0.05, 0.1) is 18.2 Å². The lowest BCUT2D eigenvalue weighted by molar-refractivity contribution is 0.102. The van der Waals surface area contributed by atoms with Crippen molar-refractivity contribution >= 4 is 27.5 Å². The Morgan fingerprint density at radius 1 is 1.38 bits per heavy atom. The maximum atomic E-state index is 13.8. The van der Waals surface area contributed by atoms with Crippen molar-refractivity contribution in [3.8, 4) is 11.8 Å². The van der Waals surface area contributed by atoms with Crippen LogP contribution >= 0.6 is 15.9 Å². The Bertz CT molecular complexity index is 741. The van der Waals surface area contributed by atoms with E-state index < -0.39 is 11.7 Å². The molecule has 1 N–H and O–H groups in total. The third kappa shape index (κ3) is 3.20. The first-order chi connectivity index (χ1) is 10.1. The van der Waals surface area contributed by atoms with Gasteiger partial charge < -0.3 is 10.1 Å². The van der Waals surface area contributed by atoms with E-state index in [-0.39, 0.29) is 16.8 Å². The first-order valence-corrected chi connectivity index (χ1v) is 6.69. The lowest BCUT2D eigenvalue weighted by atomic mass is 10.1. The highest BCUT2D eigenvalue weighted by Crippen LogP contribution is 2.28. The Balaban J connectivity index is 2.38. The monoisotopic (exact) mass is 348 g/mol. The number of hydrogen-bond acceptors (Lipinski definition) is 3. The summed E-state index contributed by atoms with van der Waals surface area (Å²) in [7, 11) is 1.42. The molecule has 6 heteroatoms. The van der Waals surface area contributed by atoms with Crippen LogP contribution in [0.15, 0.2) is 40.9 Å². The number of methoxy groups -OCH3 is 1. The highest BCUT2D eigenvalue weighted by atomic mass is 79.9. The molecule has 0 aliphatic rings. The zero-order valence-electron chi connectivity index (χ0n) is 11.0. The largest absolute Gasteiger partial charge is 0.495 e. The van der Waals surface area contributed by atoms with Gasteiger partial charge >= 0.3 is 0 Å². The van der Waals surface area contributed by atoms with Crippen molar-refractivity contribution in [3.05, 3.63) is 57.8 Å². The van der Waals surface area contributed by atoms with Crippen molar-refractivity contribution in [2.45, 2.75) is 0 Å². The van der Waals surface area contributed by atoms with Crippen LogP contribution in [-0.2, 0) is 0 Å². The third-order valence-corrected chi connectivity index (χ3v) is 3.27. The molecule has 4 nitrogen and oxygen atoms in total. The van der Waals surface area contributed by atoms with Gasteiger partial charge in [0.2, 0.25) is 0 Å². The van der Waals surface area contributed by atoms with Crippen molar-refractivity contribution < 1.29 is 13.9 Å². The molecule has 0 aliphatic heterocycles. The zero-order valence-corrected chi connectivity index (χ0v) is 12.6. The van der Waals surface area contributed by atoms with Gasteiger partial charge in [0.1, 0.15) is 23.3 Å². The van der Waals surface area contributed by atoms with E-state index in [0.717, 1.165) is 0 Å². The summed E-state index contributed by atoms with van der Waals surface area (Å²) in [6.45, 7) is 0. The van der Waals surface area contributed by atoms with Crippen LogP contribution in [0.4, 0.5) is 10.1 Å². The van der Waals surface area contributed by atoms with Gasteiger partial charge in [0.15, 0.2) is 0 Å². The summed E-state index contributed by atoms with van der Waals surface area (Å²) < 4.78 is 19.4. The normalized spacial score (nSPS) is 9.81. The Labute approximate surface area is 129 Å². The van der Waals surface area contributed by atoms with Gasteiger partial charge in [-0.2, -0.15) is 5.26 Å². The molecule has 106 valence electrons. The number of rotatable bonds is 3. The molecule has 0 aliphatic carbocycles. The Hall–Kier alpha value is -2.39. The van der Waals surface area contributed by atoms with Crippen LogP contribution in [0.25, 0.3) is 0 Å². The van der Waals surface area contributed by atoms with Crippen molar-refractivity contribution in [2.75, 3.05) is 12.4 Å². The zero-order chi connectivity index (χ0) is 15.4. The third-order valence-electron chi connectivity index (χ3n) is 2.78. The lowest BCUT2D eigenvalue weighted by Crippen LogP contribution is -2.15. The molecule has 0 saturated heterocycles. The van der Waals surface area contributed by atoms with E-state index in [1.165, 1.54) is 25.3 Å². The van der Waals surface area contributed by atoms with Gasteiger partial charge in [-0.25, -0.2) is 4.39 Å². The average Bonchev–Trinajstić information content (AvgIpc) is 2.47. The predicted molar refractivity (Wildman–Crippen MR) is 79.8 cm³/mol. The highest BCUT2D eigenvalue weighted by Gasteiger charge is 2.16. The highest BCUT2D eigenvalue weighted by molar-refractivity contribution is 9.10. The molecule has 0 fully saturated rings. The van der Waals surface area contributed by atoms with Gasteiger partial charge in [-0.3, -0.25) is 4.79 Å². The fourth-order valence-electron chi connectivity index (χ4n) is 1.78. The standard InChI is InChI=1S/C15H10BrFN2O2/c1-21-13-4-2-3-9(8-18)14(13)19-15(20)11-6-5-10(16)7-12(11)17/h2-7H,1H3,(H,19,20). The second-order valence-corrected chi connectivity index (χ2v) is 4.99. The number of para-hydroxylation sites is 1. The van der Waals surface area contributed by atoms with Crippen LogP contribution < -0.4 is 10.1 Å². The number of ether oxygens (including phenoxy) is 1. The SMILES string of the molecule is COc1cccc(C#N)c1NC(=O)c1ccc(Br)cc1F. The molecule has 2 aromatic carbocycles. The number of nitriles is 1. The molecule has 1 amide bonds. The minimum atomic E-state index is -0.657.